The molecule has 0 aliphatic carbocycles. The number of imidazole rings is 1. The van der Waals surface area contributed by atoms with E-state index in [4.69, 9.17) is 11.6 Å². The molecule has 2 nitrogen and oxygen atoms in total. The zero-order valence-corrected chi connectivity index (χ0v) is 13.5. The van der Waals surface area contributed by atoms with Gasteiger partial charge in [0.05, 0.1) is 16.9 Å². The van der Waals surface area contributed by atoms with Gasteiger partial charge in [-0.1, -0.05) is 36.7 Å². The molecule has 2 rings (SSSR count). The van der Waals surface area contributed by atoms with Crippen LogP contribution in [-0.2, 0) is 5.88 Å². The summed E-state index contributed by atoms with van der Waals surface area (Å²) < 4.78 is 3.32. The Kier molecular flexibility index (Phi) is 3.75. The minimum atomic E-state index is 0.163. The SMILES string of the molecule is CC(n1c(CCl)nc2ccc(Br)cc21)C(C)(C)C. The van der Waals surface area contributed by atoms with Crippen LogP contribution in [0.15, 0.2) is 22.7 Å². The van der Waals surface area contributed by atoms with Crippen molar-refractivity contribution in [2.75, 3.05) is 0 Å². The molecular formula is C14H18BrClN2. The Hall–Kier alpha value is -0.540. The summed E-state index contributed by atoms with van der Waals surface area (Å²) in [5.41, 5.74) is 2.31. The number of benzene rings is 1. The van der Waals surface area contributed by atoms with E-state index in [1.807, 2.05) is 12.1 Å². The van der Waals surface area contributed by atoms with E-state index in [1.165, 1.54) is 0 Å². The Morgan fingerprint density at radius 3 is 2.61 bits per heavy atom. The highest BCUT2D eigenvalue weighted by Gasteiger charge is 2.25. The maximum atomic E-state index is 6.04. The first-order valence-corrected chi connectivity index (χ1v) is 7.39. The molecule has 0 saturated heterocycles. The summed E-state index contributed by atoms with van der Waals surface area (Å²) in [6, 6.07) is 6.49. The van der Waals surface area contributed by atoms with Gasteiger partial charge in [-0.15, -0.1) is 11.6 Å². The molecule has 4 heteroatoms. The first kappa shape index (κ1) is 13.9. The highest BCUT2D eigenvalue weighted by Crippen LogP contribution is 2.35. The lowest BCUT2D eigenvalue weighted by Gasteiger charge is -2.30. The van der Waals surface area contributed by atoms with Crippen molar-refractivity contribution in [2.24, 2.45) is 5.41 Å². The van der Waals surface area contributed by atoms with Crippen LogP contribution in [0, 0.1) is 5.41 Å². The molecule has 2 aromatic rings. The van der Waals surface area contributed by atoms with Gasteiger partial charge < -0.3 is 4.57 Å². The predicted molar refractivity (Wildman–Crippen MR) is 81.2 cm³/mol. The number of nitrogens with zero attached hydrogens (tertiary/aromatic N) is 2. The number of hydrogen-bond donors (Lipinski definition) is 0. The summed E-state index contributed by atoms with van der Waals surface area (Å²) in [6.07, 6.45) is 0. The monoisotopic (exact) mass is 328 g/mol. The van der Waals surface area contributed by atoms with Crippen LogP contribution in [0.1, 0.15) is 39.6 Å². The van der Waals surface area contributed by atoms with Gasteiger partial charge in [0.15, 0.2) is 0 Å². The zero-order chi connectivity index (χ0) is 13.5. The Morgan fingerprint density at radius 2 is 2.06 bits per heavy atom. The minimum Gasteiger partial charge on any atom is -0.324 e. The van der Waals surface area contributed by atoms with Gasteiger partial charge in [0, 0.05) is 10.5 Å². The number of aromatic nitrogens is 2. The van der Waals surface area contributed by atoms with Crippen LogP contribution in [-0.4, -0.2) is 9.55 Å². The molecule has 1 heterocycles. The van der Waals surface area contributed by atoms with Crippen molar-refractivity contribution in [1.29, 1.82) is 0 Å². The predicted octanol–water partition coefficient (Wildman–Crippen LogP) is 5.14. The topological polar surface area (TPSA) is 17.8 Å². The van der Waals surface area contributed by atoms with E-state index in [0.29, 0.717) is 11.9 Å². The lowest BCUT2D eigenvalue weighted by molar-refractivity contribution is 0.264. The maximum Gasteiger partial charge on any atom is 0.125 e. The van der Waals surface area contributed by atoms with Gasteiger partial charge in [-0.25, -0.2) is 4.98 Å². The van der Waals surface area contributed by atoms with Gasteiger partial charge in [-0.2, -0.15) is 0 Å². The average Bonchev–Trinajstić information content (AvgIpc) is 2.64. The summed E-state index contributed by atoms with van der Waals surface area (Å²) in [5, 5.41) is 0. The van der Waals surface area contributed by atoms with Crippen molar-refractivity contribution in [1.82, 2.24) is 9.55 Å². The van der Waals surface area contributed by atoms with E-state index >= 15 is 0 Å². The fourth-order valence-electron chi connectivity index (χ4n) is 2.03. The second-order valence-electron chi connectivity index (χ2n) is 5.71. The van der Waals surface area contributed by atoms with Crippen molar-refractivity contribution < 1.29 is 0 Å². The van der Waals surface area contributed by atoms with E-state index in [0.717, 1.165) is 21.3 Å². The molecule has 98 valence electrons. The van der Waals surface area contributed by atoms with Gasteiger partial charge in [0.1, 0.15) is 5.82 Å². The highest BCUT2D eigenvalue weighted by molar-refractivity contribution is 9.10. The summed E-state index contributed by atoms with van der Waals surface area (Å²) in [5.74, 6) is 1.37. The summed E-state index contributed by atoms with van der Waals surface area (Å²) >= 11 is 9.57. The first-order valence-electron chi connectivity index (χ1n) is 6.07. The fraction of sp³-hybridized carbons (Fsp3) is 0.500. The second-order valence-corrected chi connectivity index (χ2v) is 6.89. The normalized spacial score (nSPS) is 14.1. The van der Waals surface area contributed by atoms with Crippen LogP contribution < -0.4 is 0 Å². The van der Waals surface area contributed by atoms with E-state index in [2.05, 4.69) is 59.2 Å². The first-order chi connectivity index (χ1) is 8.34. The molecule has 0 radical (unpaired) electrons. The molecule has 0 N–H and O–H groups in total. The lowest BCUT2D eigenvalue weighted by atomic mass is 9.87. The third-order valence-corrected chi connectivity index (χ3v) is 4.22. The van der Waals surface area contributed by atoms with Crippen molar-refractivity contribution >= 4 is 38.6 Å². The van der Waals surface area contributed by atoms with Crippen LogP contribution >= 0.6 is 27.5 Å². The summed E-state index contributed by atoms with van der Waals surface area (Å²) in [6.45, 7) is 8.93. The molecular weight excluding hydrogens is 312 g/mol. The average molecular weight is 330 g/mol. The molecule has 0 amide bonds. The molecule has 0 fully saturated rings. The van der Waals surface area contributed by atoms with Crippen LogP contribution in [0.4, 0.5) is 0 Å². The minimum absolute atomic E-state index is 0.163. The smallest absolute Gasteiger partial charge is 0.125 e. The van der Waals surface area contributed by atoms with Crippen LogP contribution in [0.2, 0.25) is 0 Å². The molecule has 18 heavy (non-hydrogen) atoms. The van der Waals surface area contributed by atoms with Crippen molar-refractivity contribution in [3.8, 4) is 0 Å². The zero-order valence-electron chi connectivity index (χ0n) is 11.2. The third-order valence-electron chi connectivity index (χ3n) is 3.48. The number of rotatable bonds is 2. The Morgan fingerprint density at radius 1 is 1.39 bits per heavy atom. The van der Waals surface area contributed by atoms with Crippen molar-refractivity contribution in [2.45, 2.75) is 39.6 Å². The molecule has 0 aliphatic rings. The van der Waals surface area contributed by atoms with Gasteiger partial charge in [0.2, 0.25) is 0 Å². The largest absolute Gasteiger partial charge is 0.324 e. The molecule has 0 aliphatic heterocycles. The quantitative estimate of drug-likeness (QED) is 0.697. The van der Waals surface area contributed by atoms with Gasteiger partial charge in [0.25, 0.3) is 0 Å². The molecule has 1 unspecified atom stereocenters. The highest BCUT2D eigenvalue weighted by atomic mass is 79.9. The Balaban J connectivity index is 2.70. The summed E-state index contributed by atoms with van der Waals surface area (Å²) in [7, 11) is 0. The van der Waals surface area contributed by atoms with E-state index < -0.39 is 0 Å². The van der Waals surface area contributed by atoms with Crippen molar-refractivity contribution in [3.63, 3.8) is 0 Å². The Bertz CT molecular complexity index is 569. The number of fused-ring (bicyclic) bond motifs is 1. The summed E-state index contributed by atoms with van der Waals surface area (Å²) in [4.78, 5) is 4.62. The van der Waals surface area contributed by atoms with Gasteiger partial charge in [-0.3, -0.25) is 0 Å². The van der Waals surface area contributed by atoms with Gasteiger partial charge >= 0.3 is 0 Å². The number of hydrogen-bond acceptors (Lipinski definition) is 1. The van der Waals surface area contributed by atoms with Gasteiger partial charge in [-0.05, 0) is 30.5 Å². The second kappa shape index (κ2) is 4.86. The molecule has 1 aromatic heterocycles. The van der Waals surface area contributed by atoms with Crippen LogP contribution in [0.5, 0.6) is 0 Å². The molecule has 1 aromatic carbocycles. The molecule has 0 bridgehead atoms. The molecule has 0 saturated carbocycles. The lowest BCUT2D eigenvalue weighted by Crippen LogP contribution is -2.22. The van der Waals surface area contributed by atoms with Crippen LogP contribution in [0.3, 0.4) is 0 Å². The third kappa shape index (κ3) is 2.43. The number of halogens is 2. The standard InChI is InChI=1S/C14H18BrClN2/c1-9(14(2,3)4)18-12-7-10(15)5-6-11(12)17-13(18)8-16/h5-7,9H,8H2,1-4H3. The number of alkyl halides is 1. The van der Waals surface area contributed by atoms with E-state index in [1.54, 1.807) is 0 Å². The fourth-order valence-corrected chi connectivity index (χ4v) is 2.57. The van der Waals surface area contributed by atoms with Crippen LogP contribution in [0.25, 0.3) is 11.0 Å². The van der Waals surface area contributed by atoms with E-state index in [9.17, 15) is 0 Å². The van der Waals surface area contributed by atoms with E-state index in [-0.39, 0.29) is 5.41 Å². The molecule has 1 atom stereocenters. The maximum absolute atomic E-state index is 6.04. The van der Waals surface area contributed by atoms with Crippen molar-refractivity contribution in [3.05, 3.63) is 28.5 Å². The Labute approximate surface area is 121 Å². The molecule has 0 spiro atoms.